The third kappa shape index (κ3) is 6.26. The van der Waals surface area contributed by atoms with E-state index in [0.29, 0.717) is 23.0 Å². The molecular formula is C22H26O9. The van der Waals surface area contributed by atoms with Gasteiger partial charge in [-0.25, -0.2) is 9.59 Å². The summed E-state index contributed by atoms with van der Waals surface area (Å²) in [6.45, 7) is 0.323. The fraction of sp³-hybridized carbons (Fsp3) is 0.364. The van der Waals surface area contributed by atoms with Crippen LogP contribution in [0.2, 0.25) is 0 Å². The molecule has 0 saturated carbocycles. The fourth-order valence-corrected chi connectivity index (χ4v) is 2.74. The highest BCUT2D eigenvalue weighted by Crippen LogP contribution is 2.32. The van der Waals surface area contributed by atoms with Crippen LogP contribution >= 0.6 is 0 Å². The molecular weight excluding hydrogens is 408 g/mol. The topological polar surface area (TPSA) is 98.8 Å². The third-order valence-electron chi connectivity index (χ3n) is 4.17. The number of hydrogen-bond acceptors (Lipinski definition) is 9. The maximum atomic E-state index is 12.2. The van der Waals surface area contributed by atoms with Crippen LogP contribution in [0.25, 0.3) is 0 Å². The maximum absolute atomic E-state index is 12.2. The summed E-state index contributed by atoms with van der Waals surface area (Å²) in [6.07, 6.45) is 0. The molecule has 0 unspecified atom stereocenters. The van der Waals surface area contributed by atoms with Crippen LogP contribution in [0.3, 0.4) is 0 Å². The van der Waals surface area contributed by atoms with Gasteiger partial charge in [0.05, 0.1) is 41.7 Å². The Kier molecular flexibility index (Phi) is 9.44. The zero-order chi connectivity index (χ0) is 22.6. The number of carbonyl (C=O) groups is 2. The fourth-order valence-electron chi connectivity index (χ4n) is 2.74. The number of methoxy groups -OCH3 is 4. The summed E-state index contributed by atoms with van der Waals surface area (Å²) >= 11 is 0. The van der Waals surface area contributed by atoms with E-state index in [9.17, 15) is 9.59 Å². The Hall–Kier alpha value is -3.46. The van der Waals surface area contributed by atoms with Crippen LogP contribution in [0.15, 0.2) is 36.4 Å². The van der Waals surface area contributed by atoms with Gasteiger partial charge in [0.2, 0.25) is 0 Å². The Bertz CT molecular complexity index is 808. The third-order valence-corrected chi connectivity index (χ3v) is 4.17. The second-order valence-corrected chi connectivity index (χ2v) is 5.97. The van der Waals surface area contributed by atoms with Gasteiger partial charge in [-0.15, -0.1) is 0 Å². The normalized spacial score (nSPS) is 10.2. The molecule has 0 aliphatic rings. The lowest BCUT2D eigenvalue weighted by molar-refractivity contribution is 0.0148. The Morgan fingerprint density at radius 3 is 1.39 bits per heavy atom. The lowest BCUT2D eigenvalue weighted by atomic mass is 10.2. The minimum atomic E-state index is -0.559. The van der Waals surface area contributed by atoms with E-state index in [0.717, 1.165) is 0 Å². The van der Waals surface area contributed by atoms with Gasteiger partial charge in [-0.3, -0.25) is 0 Å². The van der Waals surface area contributed by atoms with Gasteiger partial charge in [-0.1, -0.05) is 12.1 Å². The summed E-state index contributed by atoms with van der Waals surface area (Å²) in [4.78, 5) is 24.5. The number of hydrogen-bond donors (Lipinski definition) is 0. The molecule has 0 aliphatic carbocycles. The number of carbonyl (C=O) groups excluding carboxylic acids is 2. The number of rotatable bonds is 12. The number of esters is 2. The van der Waals surface area contributed by atoms with Crippen molar-refractivity contribution in [3.05, 3.63) is 47.5 Å². The van der Waals surface area contributed by atoms with Crippen LogP contribution < -0.4 is 18.9 Å². The van der Waals surface area contributed by atoms with E-state index >= 15 is 0 Å². The largest absolute Gasteiger partial charge is 0.493 e. The average Bonchev–Trinajstić information content (AvgIpc) is 2.81. The minimum absolute atomic E-state index is 0.0247. The van der Waals surface area contributed by atoms with Crippen molar-refractivity contribution in [1.82, 2.24) is 0 Å². The van der Waals surface area contributed by atoms with Crippen molar-refractivity contribution >= 4 is 11.9 Å². The predicted octanol–water partition coefficient (Wildman–Crippen LogP) is 2.75. The van der Waals surface area contributed by atoms with Crippen LogP contribution in [0.4, 0.5) is 0 Å². The quantitative estimate of drug-likeness (QED) is 0.369. The van der Waals surface area contributed by atoms with E-state index in [1.807, 2.05) is 0 Å². The smallest absolute Gasteiger partial charge is 0.342 e. The molecule has 0 aliphatic heterocycles. The Labute approximate surface area is 180 Å². The van der Waals surface area contributed by atoms with Crippen LogP contribution in [-0.2, 0) is 14.2 Å². The zero-order valence-corrected chi connectivity index (χ0v) is 18.0. The van der Waals surface area contributed by atoms with E-state index in [2.05, 4.69) is 0 Å². The molecule has 2 rings (SSSR count). The number of para-hydroxylation sites is 2. The van der Waals surface area contributed by atoms with Gasteiger partial charge < -0.3 is 33.2 Å². The summed E-state index contributed by atoms with van der Waals surface area (Å²) in [5, 5.41) is 0. The van der Waals surface area contributed by atoms with E-state index in [-0.39, 0.29) is 37.6 Å². The van der Waals surface area contributed by atoms with Crippen molar-refractivity contribution in [1.29, 1.82) is 0 Å². The van der Waals surface area contributed by atoms with Gasteiger partial charge in [0.25, 0.3) is 0 Å². The average molecular weight is 434 g/mol. The zero-order valence-electron chi connectivity index (χ0n) is 18.0. The lowest BCUT2D eigenvalue weighted by Crippen LogP contribution is -2.15. The summed E-state index contributed by atoms with van der Waals surface area (Å²) in [5.41, 5.74) is 0.506. The minimum Gasteiger partial charge on any atom is -0.493 e. The molecule has 0 radical (unpaired) electrons. The van der Waals surface area contributed by atoms with Crippen molar-refractivity contribution < 1.29 is 42.7 Å². The molecule has 0 bridgehead atoms. The van der Waals surface area contributed by atoms with Crippen molar-refractivity contribution in [2.45, 2.75) is 0 Å². The molecule has 0 aromatic heterocycles. The summed E-state index contributed by atoms with van der Waals surface area (Å²) in [5.74, 6) is 0.351. The molecule has 9 nitrogen and oxygen atoms in total. The molecule has 0 saturated heterocycles. The van der Waals surface area contributed by atoms with Gasteiger partial charge in [0, 0.05) is 0 Å². The highest BCUT2D eigenvalue weighted by atomic mass is 16.6. The molecule has 0 amide bonds. The van der Waals surface area contributed by atoms with Crippen LogP contribution in [0.5, 0.6) is 23.0 Å². The SMILES string of the molecule is COc1cccc(C(=O)OCCOCCOC(=O)c2cccc(OC)c2OC)c1OC. The standard InChI is InChI=1S/C22H26O9/c1-25-17-9-5-7-15(19(17)27-3)21(23)30-13-11-29-12-14-31-22(24)16-8-6-10-18(26-2)20(16)28-4/h5-10H,11-14H2,1-4H3. The van der Waals surface area contributed by atoms with Gasteiger partial charge in [-0.05, 0) is 24.3 Å². The number of benzene rings is 2. The van der Waals surface area contributed by atoms with Crippen molar-refractivity contribution in [2.75, 3.05) is 54.9 Å². The van der Waals surface area contributed by atoms with Crippen molar-refractivity contribution in [3.63, 3.8) is 0 Å². The first-order valence-corrected chi connectivity index (χ1v) is 9.41. The molecule has 0 atom stereocenters. The maximum Gasteiger partial charge on any atom is 0.342 e. The molecule has 9 heteroatoms. The summed E-state index contributed by atoms with van der Waals surface area (Å²) in [6, 6.07) is 9.86. The van der Waals surface area contributed by atoms with Crippen LogP contribution in [0.1, 0.15) is 20.7 Å². The Morgan fingerprint density at radius 2 is 1.03 bits per heavy atom. The molecule has 0 spiro atoms. The molecule has 0 heterocycles. The second kappa shape index (κ2) is 12.3. The Morgan fingerprint density at radius 1 is 0.613 bits per heavy atom. The summed E-state index contributed by atoms with van der Waals surface area (Å²) in [7, 11) is 5.86. The van der Waals surface area contributed by atoms with E-state index in [1.165, 1.54) is 28.4 Å². The van der Waals surface area contributed by atoms with E-state index in [4.69, 9.17) is 33.2 Å². The second-order valence-electron chi connectivity index (χ2n) is 5.97. The Balaban J connectivity index is 1.73. The molecule has 2 aromatic carbocycles. The number of ether oxygens (including phenoxy) is 7. The molecule has 168 valence electrons. The predicted molar refractivity (Wildman–Crippen MR) is 110 cm³/mol. The van der Waals surface area contributed by atoms with Gasteiger partial charge in [0.15, 0.2) is 23.0 Å². The molecule has 31 heavy (non-hydrogen) atoms. The van der Waals surface area contributed by atoms with E-state index < -0.39 is 11.9 Å². The highest BCUT2D eigenvalue weighted by molar-refractivity contribution is 5.94. The molecule has 0 fully saturated rings. The monoisotopic (exact) mass is 434 g/mol. The van der Waals surface area contributed by atoms with Gasteiger partial charge >= 0.3 is 11.9 Å². The van der Waals surface area contributed by atoms with Gasteiger partial charge in [0.1, 0.15) is 24.3 Å². The van der Waals surface area contributed by atoms with Crippen molar-refractivity contribution in [2.24, 2.45) is 0 Å². The first kappa shape index (κ1) is 23.8. The molecule has 2 aromatic rings. The summed E-state index contributed by atoms with van der Waals surface area (Å²) < 4.78 is 36.5. The van der Waals surface area contributed by atoms with Crippen molar-refractivity contribution in [3.8, 4) is 23.0 Å². The first-order chi connectivity index (χ1) is 15.1. The van der Waals surface area contributed by atoms with Crippen LogP contribution in [-0.4, -0.2) is 66.8 Å². The highest BCUT2D eigenvalue weighted by Gasteiger charge is 2.18. The first-order valence-electron chi connectivity index (χ1n) is 9.41. The lowest BCUT2D eigenvalue weighted by Gasteiger charge is -2.13. The molecule has 0 N–H and O–H groups in total. The van der Waals surface area contributed by atoms with Gasteiger partial charge in [-0.2, -0.15) is 0 Å². The van der Waals surface area contributed by atoms with Crippen LogP contribution in [0, 0.1) is 0 Å². The van der Waals surface area contributed by atoms with E-state index in [1.54, 1.807) is 36.4 Å².